The lowest BCUT2D eigenvalue weighted by Gasteiger charge is -2.02. The van der Waals surface area contributed by atoms with Gasteiger partial charge in [0.25, 0.3) is 5.91 Å². The smallest absolute Gasteiger partial charge is 0.260 e. The van der Waals surface area contributed by atoms with Crippen molar-refractivity contribution in [3.8, 4) is 0 Å². The van der Waals surface area contributed by atoms with Crippen molar-refractivity contribution in [2.45, 2.75) is 19.9 Å². The molecule has 0 aliphatic heterocycles. The molecule has 0 aromatic carbocycles. The third-order valence-electron chi connectivity index (χ3n) is 2.05. The third kappa shape index (κ3) is 2.08. The monoisotopic (exact) mass is 220 g/mol. The van der Waals surface area contributed by atoms with E-state index in [1.807, 2.05) is 13.8 Å². The molecule has 0 saturated carbocycles. The van der Waals surface area contributed by atoms with Crippen LogP contribution >= 0.6 is 0 Å². The molecule has 0 atom stereocenters. The topological polar surface area (TPSA) is 88.5 Å². The summed E-state index contributed by atoms with van der Waals surface area (Å²) in [4.78, 5) is 11.7. The highest BCUT2D eigenvalue weighted by molar-refractivity contribution is 6.03. The van der Waals surface area contributed by atoms with Crippen molar-refractivity contribution in [3.05, 3.63) is 24.2 Å². The second kappa shape index (κ2) is 4.13. The number of H-pyrrole nitrogens is 1. The Bertz CT molecular complexity index is 472. The number of amides is 1. The molecule has 2 aromatic rings. The molecule has 7 heteroatoms. The molecule has 0 radical (unpaired) electrons. The van der Waals surface area contributed by atoms with Crippen molar-refractivity contribution in [1.29, 1.82) is 0 Å². The normalized spacial score (nSPS) is 10.7. The van der Waals surface area contributed by atoms with Gasteiger partial charge in [-0.3, -0.25) is 9.48 Å². The van der Waals surface area contributed by atoms with Gasteiger partial charge in [0, 0.05) is 12.2 Å². The van der Waals surface area contributed by atoms with Gasteiger partial charge < -0.3 is 5.32 Å². The number of nitrogens with zero attached hydrogens (tertiary/aromatic N) is 4. The number of anilines is 1. The molecule has 0 fully saturated rings. The van der Waals surface area contributed by atoms with E-state index in [1.54, 1.807) is 10.9 Å². The zero-order valence-corrected chi connectivity index (χ0v) is 9.01. The summed E-state index contributed by atoms with van der Waals surface area (Å²) in [5, 5.41) is 16.4. The van der Waals surface area contributed by atoms with Crippen molar-refractivity contribution < 1.29 is 4.79 Å². The lowest BCUT2D eigenvalue weighted by molar-refractivity contribution is 0.102. The van der Waals surface area contributed by atoms with Gasteiger partial charge in [0.05, 0.1) is 18.0 Å². The van der Waals surface area contributed by atoms with Crippen LogP contribution in [0.1, 0.15) is 30.2 Å². The van der Waals surface area contributed by atoms with Crippen LogP contribution in [-0.4, -0.2) is 31.1 Å². The molecule has 0 saturated heterocycles. The number of rotatable bonds is 3. The fraction of sp³-hybridized carbons (Fsp3) is 0.333. The van der Waals surface area contributed by atoms with E-state index in [1.165, 1.54) is 12.4 Å². The van der Waals surface area contributed by atoms with Crippen LogP contribution < -0.4 is 5.32 Å². The summed E-state index contributed by atoms with van der Waals surface area (Å²) in [6.45, 7) is 3.98. The second-order valence-electron chi connectivity index (χ2n) is 3.61. The van der Waals surface area contributed by atoms with Gasteiger partial charge in [0.1, 0.15) is 0 Å². The number of aromatic amines is 1. The molecule has 84 valence electrons. The van der Waals surface area contributed by atoms with E-state index < -0.39 is 0 Å². The quantitative estimate of drug-likeness (QED) is 0.802. The Morgan fingerprint density at radius 3 is 2.88 bits per heavy atom. The molecule has 0 bridgehead atoms. The first-order valence-corrected chi connectivity index (χ1v) is 4.88. The lowest BCUT2D eigenvalue weighted by Crippen LogP contribution is -2.11. The zero-order chi connectivity index (χ0) is 11.5. The van der Waals surface area contributed by atoms with Gasteiger partial charge in [0.15, 0.2) is 5.82 Å². The van der Waals surface area contributed by atoms with Gasteiger partial charge in [-0.1, -0.05) is 0 Å². The minimum atomic E-state index is -0.249. The first-order chi connectivity index (χ1) is 7.66. The fourth-order valence-electron chi connectivity index (χ4n) is 1.19. The Kier molecular flexibility index (Phi) is 2.67. The van der Waals surface area contributed by atoms with E-state index >= 15 is 0 Å². The molecular weight excluding hydrogens is 208 g/mol. The molecular formula is C9H12N6O. The number of nitrogens with one attached hydrogen (secondary N) is 2. The molecule has 0 aliphatic rings. The predicted octanol–water partition coefficient (Wildman–Crippen LogP) is 0.834. The number of hydrogen-bond donors (Lipinski definition) is 2. The summed E-state index contributed by atoms with van der Waals surface area (Å²) < 4.78 is 1.72. The predicted molar refractivity (Wildman–Crippen MR) is 56.9 cm³/mol. The number of carbonyl (C=O) groups excluding carboxylic acids is 1. The second-order valence-corrected chi connectivity index (χ2v) is 3.61. The molecule has 2 N–H and O–H groups in total. The number of hydrogen-bond acceptors (Lipinski definition) is 4. The molecule has 7 nitrogen and oxygen atoms in total. The third-order valence-corrected chi connectivity index (χ3v) is 2.05. The van der Waals surface area contributed by atoms with Gasteiger partial charge >= 0.3 is 0 Å². The maximum atomic E-state index is 11.7. The molecule has 1 amide bonds. The van der Waals surface area contributed by atoms with Crippen LogP contribution in [0.5, 0.6) is 0 Å². The zero-order valence-electron chi connectivity index (χ0n) is 9.01. The van der Waals surface area contributed by atoms with Crippen molar-refractivity contribution in [2.24, 2.45) is 0 Å². The van der Waals surface area contributed by atoms with Crippen LogP contribution in [0.4, 0.5) is 5.82 Å². The van der Waals surface area contributed by atoms with Crippen LogP contribution in [0.25, 0.3) is 0 Å². The van der Waals surface area contributed by atoms with Gasteiger partial charge in [-0.2, -0.15) is 15.4 Å². The first kappa shape index (κ1) is 10.3. The minimum absolute atomic E-state index is 0.230. The number of aromatic nitrogens is 5. The van der Waals surface area contributed by atoms with E-state index in [0.717, 1.165) is 0 Å². The van der Waals surface area contributed by atoms with Gasteiger partial charge in [-0.05, 0) is 13.8 Å². The molecule has 2 rings (SSSR count). The largest absolute Gasteiger partial charge is 0.304 e. The standard InChI is InChI=1S/C9H12N6O/c1-6(2)15-5-7(3-11-15)9(16)12-8-4-10-14-13-8/h3-6H,1-2H3,(H2,10,12,13,14,16). The van der Waals surface area contributed by atoms with Crippen LogP contribution in [0.3, 0.4) is 0 Å². The molecule has 0 unspecified atom stereocenters. The maximum absolute atomic E-state index is 11.7. The van der Waals surface area contributed by atoms with E-state index in [9.17, 15) is 4.79 Å². The molecule has 0 aliphatic carbocycles. The van der Waals surface area contributed by atoms with Crippen molar-refractivity contribution >= 4 is 11.7 Å². The Morgan fingerprint density at radius 2 is 2.31 bits per heavy atom. The van der Waals surface area contributed by atoms with Crippen molar-refractivity contribution in [3.63, 3.8) is 0 Å². The molecule has 0 spiro atoms. The van der Waals surface area contributed by atoms with E-state index in [4.69, 9.17) is 0 Å². The van der Waals surface area contributed by atoms with Gasteiger partial charge in [0.2, 0.25) is 0 Å². The Hall–Kier alpha value is -2.18. The highest BCUT2D eigenvalue weighted by atomic mass is 16.1. The first-order valence-electron chi connectivity index (χ1n) is 4.88. The van der Waals surface area contributed by atoms with E-state index in [-0.39, 0.29) is 11.9 Å². The number of carbonyl (C=O) groups is 1. The highest BCUT2D eigenvalue weighted by Gasteiger charge is 2.10. The maximum Gasteiger partial charge on any atom is 0.260 e. The van der Waals surface area contributed by atoms with Gasteiger partial charge in [-0.25, -0.2) is 0 Å². The Morgan fingerprint density at radius 1 is 1.50 bits per heavy atom. The summed E-state index contributed by atoms with van der Waals surface area (Å²) in [5.41, 5.74) is 0.497. The molecule has 2 aromatic heterocycles. The minimum Gasteiger partial charge on any atom is -0.304 e. The average Bonchev–Trinajstić information content (AvgIpc) is 2.86. The SMILES string of the molecule is CC(C)n1cc(C(=O)Nc2cn[nH]n2)cn1. The average molecular weight is 220 g/mol. The van der Waals surface area contributed by atoms with Crippen molar-refractivity contribution in [1.82, 2.24) is 25.2 Å². The Labute approximate surface area is 91.9 Å². The summed E-state index contributed by atoms with van der Waals surface area (Å²) in [6.07, 6.45) is 4.65. The summed E-state index contributed by atoms with van der Waals surface area (Å²) >= 11 is 0. The van der Waals surface area contributed by atoms with Crippen LogP contribution in [0.15, 0.2) is 18.6 Å². The molecule has 16 heavy (non-hydrogen) atoms. The van der Waals surface area contributed by atoms with Crippen LogP contribution in [0.2, 0.25) is 0 Å². The summed E-state index contributed by atoms with van der Waals surface area (Å²) in [5.74, 6) is 0.142. The van der Waals surface area contributed by atoms with Crippen LogP contribution in [-0.2, 0) is 0 Å². The molecule has 2 heterocycles. The van der Waals surface area contributed by atoms with E-state index in [2.05, 4.69) is 25.8 Å². The lowest BCUT2D eigenvalue weighted by atomic mass is 10.3. The summed E-state index contributed by atoms with van der Waals surface area (Å²) in [6, 6.07) is 0.230. The Balaban J connectivity index is 2.09. The van der Waals surface area contributed by atoms with E-state index in [0.29, 0.717) is 11.4 Å². The van der Waals surface area contributed by atoms with Crippen LogP contribution in [0, 0.1) is 0 Å². The highest BCUT2D eigenvalue weighted by Crippen LogP contribution is 2.07. The van der Waals surface area contributed by atoms with Gasteiger partial charge in [-0.15, -0.1) is 5.10 Å². The summed E-state index contributed by atoms with van der Waals surface area (Å²) in [7, 11) is 0. The fourth-order valence-corrected chi connectivity index (χ4v) is 1.19. The van der Waals surface area contributed by atoms with Crippen molar-refractivity contribution in [2.75, 3.05) is 5.32 Å².